The number of alkyl halides is 2. The van der Waals surface area contributed by atoms with Gasteiger partial charge in [-0.15, -0.1) is 11.8 Å². The predicted octanol–water partition coefficient (Wildman–Crippen LogP) is 6.58. The van der Waals surface area contributed by atoms with E-state index < -0.39 is 76.8 Å². The molecule has 2 aromatic carbocycles. The van der Waals surface area contributed by atoms with E-state index in [2.05, 4.69) is 0 Å². The van der Waals surface area contributed by atoms with Gasteiger partial charge < -0.3 is 19.7 Å². The van der Waals surface area contributed by atoms with Crippen LogP contribution in [0.1, 0.15) is 56.1 Å². The highest BCUT2D eigenvalue weighted by molar-refractivity contribution is 7.98. The lowest BCUT2D eigenvalue weighted by Crippen LogP contribution is -2.70. The zero-order chi connectivity index (χ0) is 32.8. The van der Waals surface area contributed by atoms with Crippen molar-refractivity contribution in [3.05, 3.63) is 88.0 Å². The highest BCUT2D eigenvalue weighted by Gasteiger charge is 2.80. The molecule has 5 aliphatic rings. The highest BCUT2D eigenvalue weighted by atomic mass is 35.5. The third-order valence-corrected chi connectivity index (χ3v) is 13.2. The molecule has 2 N–H and O–H groups in total. The van der Waals surface area contributed by atoms with Crippen LogP contribution in [0.25, 0.3) is 0 Å². The molecule has 7 rings (SSSR count). The van der Waals surface area contributed by atoms with Crippen LogP contribution in [0.5, 0.6) is 0 Å². The Balaban J connectivity index is 1.16. The Hall–Kier alpha value is -2.40. The molecule has 244 valence electrons. The second-order valence-electron chi connectivity index (χ2n) is 13.9. The van der Waals surface area contributed by atoms with Gasteiger partial charge in [-0.1, -0.05) is 48.9 Å². The summed E-state index contributed by atoms with van der Waals surface area (Å²) in [6.07, 6.45) is -1.38. The average Bonchev–Trinajstić information content (AvgIpc) is 3.53. The maximum absolute atomic E-state index is 17.6. The summed E-state index contributed by atoms with van der Waals surface area (Å²) >= 11 is 7.84. The topological polar surface area (TPSA) is 93.1 Å². The fourth-order valence-corrected chi connectivity index (χ4v) is 10.4. The standard InChI is InChI=1S/C36H37ClF2O6S/c1-19-12-23(8-9-27(19)37)46-18-20-4-6-21(7-5-20)32-44-31-15-24-25-14-28(38)26-13-22(41)10-11-33(26,2)35(25,39)29(42)16-34(24,3)36(31,45-32)30(43)17-40/h4-13,24-25,28-29,31-32,40,42H,14-18H2,1-3H3/t24-,25-,28-,29-,31+,32+,33-,34-,35-,36+/m0/s1. The van der Waals surface area contributed by atoms with Gasteiger partial charge in [-0.25, -0.2) is 8.78 Å². The van der Waals surface area contributed by atoms with Crippen molar-refractivity contribution in [2.75, 3.05) is 6.61 Å². The molecule has 46 heavy (non-hydrogen) atoms. The number of aliphatic hydroxyl groups excluding tert-OH is 2. The van der Waals surface area contributed by atoms with Crippen LogP contribution in [0, 0.1) is 29.6 Å². The first-order valence-corrected chi connectivity index (χ1v) is 17.1. The van der Waals surface area contributed by atoms with Crippen molar-refractivity contribution in [1.82, 2.24) is 0 Å². The van der Waals surface area contributed by atoms with Crippen LogP contribution in [-0.4, -0.2) is 58.0 Å². The van der Waals surface area contributed by atoms with Crippen LogP contribution in [0.15, 0.2) is 71.2 Å². The number of thioether (sulfide) groups is 1. The van der Waals surface area contributed by atoms with E-state index in [0.717, 1.165) is 32.9 Å². The van der Waals surface area contributed by atoms with E-state index in [9.17, 15) is 19.8 Å². The van der Waals surface area contributed by atoms with Crippen LogP contribution in [0.4, 0.5) is 8.78 Å². The average molecular weight is 671 g/mol. The molecule has 1 saturated heterocycles. The highest BCUT2D eigenvalue weighted by Crippen LogP contribution is 2.72. The molecule has 6 nitrogen and oxygen atoms in total. The van der Waals surface area contributed by atoms with Crippen LogP contribution in [-0.2, 0) is 24.8 Å². The molecule has 10 heteroatoms. The van der Waals surface area contributed by atoms with Gasteiger partial charge >= 0.3 is 0 Å². The zero-order valence-electron chi connectivity index (χ0n) is 25.8. The number of allylic oxidation sites excluding steroid dienone is 4. The van der Waals surface area contributed by atoms with E-state index in [1.54, 1.807) is 25.6 Å². The van der Waals surface area contributed by atoms with Gasteiger partial charge in [0.1, 0.15) is 12.8 Å². The molecule has 1 heterocycles. The lowest BCUT2D eigenvalue weighted by atomic mass is 9.44. The number of ketones is 2. The lowest BCUT2D eigenvalue weighted by molar-refractivity contribution is -0.235. The minimum Gasteiger partial charge on any atom is -0.390 e. The van der Waals surface area contributed by atoms with Crippen molar-refractivity contribution in [2.45, 2.75) is 86.6 Å². The predicted molar refractivity (Wildman–Crippen MR) is 170 cm³/mol. The van der Waals surface area contributed by atoms with Crippen molar-refractivity contribution < 1.29 is 38.1 Å². The fourth-order valence-electron chi connectivity index (χ4n) is 9.36. The van der Waals surface area contributed by atoms with Gasteiger partial charge in [0.15, 0.2) is 29.1 Å². The second-order valence-corrected chi connectivity index (χ2v) is 15.4. The van der Waals surface area contributed by atoms with E-state index in [4.69, 9.17) is 21.1 Å². The Bertz CT molecular complexity index is 1660. The number of aliphatic hydroxyl groups is 2. The Morgan fingerprint density at radius 2 is 1.87 bits per heavy atom. The third-order valence-electron chi connectivity index (χ3n) is 11.7. The Morgan fingerprint density at radius 3 is 2.57 bits per heavy atom. The summed E-state index contributed by atoms with van der Waals surface area (Å²) in [5.74, 6) is -1.87. The van der Waals surface area contributed by atoms with Gasteiger partial charge in [-0.3, -0.25) is 9.59 Å². The molecular weight excluding hydrogens is 634 g/mol. The molecule has 0 bridgehead atoms. The number of aryl methyl sites for hydroxylation is 1. The number of carbonyl (C=O) groups is 2. The second kappa shape index (κ2) is 11.1. The van der Waals surface area contributed by atoms with Crippen LogP contribution in [0.2, 0.25) is 5.02 Å². The Kier molecular flexibility index (Phi) is 7.74. The van der Waals surface area contributed by atoms with E-state index in [0.29, 0.717) is 5.56 Å². The Labute approximate surface area is 276 Å². The number of ether oxygens (including phenoxy) is 2. The molecule has 1 aliphatic heterocycles. The largest absolute Gasteiger partial charge is 0.390 e. The van der Waals surface area contributed by atoms with Crippen molar-refractivity contribution in [3.8, 4) is 0 Å². The van der Waals surface area contributed by atoms with E-state index in [1.807, 2.05) is 49.4 Å². The number of hydrogen-bond acceptors (Lipinski definition) is 7. The van der Waals surface area contributed by atoms with E-state index in [1.165, 1.54) is 12.2 Å². The van der Waals surface area contributed by atoms with Gasteiger partial charge in [-0.05, 0) is 86.1 Å². The van der Waals surface area contributed by atoms with Gasteiger partial charge in [0.2, 0.25) is 0 Å². The summed E-state index contributed by atoms with van der Waals surface area (Å²) in [5, 5.41) is 22.6. The number of fused-ring (bicyclic) bond motifs is 7. The summed E-state index contributed by atoms with van der Waals surface area (Å²) in [7, 11) is 0. The van der Waals surface area contributed by atoms with Crippen LogP contribution >= 0.6 is 23.4 Å². The van der Waals surface area contributed by atoms with E-state index in [-0.39, 0.29) is 24.8 Å². The van der Waals surface area contributed by atoms with Crippen LogP contribution in [0.3, 0.4) is 0 Å². The van der Waals surface area contributed by atoms with Gasteiger partial charge in [0.05, 0.1) is 12.2 Å². The zero-order valence-corrected chi connectivity index (χ0v) is 27.4. The summed E-state index contributed by atoms with van der Waals surface area (Å²) in [5.41, 5.74) is -3.84. The van der Waals surface area contributed by atoms with Crippen molar-refractivity contribution >= 4 is 34.9 Å². The van der Waals surface area contributed by atoms with Gasteiger partial charge in [0, 0.05) is 38.0 Å². The molecule has 0 spiro atoms. The minimum atomic E-state index is -2.29. The monoisotopic (exact) mass is 670 g/mol. The number of benzene rings is 2. The molecule has 10 atom stereocenters. The molecule has 0 radical (unpaired) electrons. The summed E-state index contributed by atoms with van der Waals surface area (Å²) in [6.45, 7) is 4.46. The summed E-state index contributed by atoms with van der Waals surface area (Å²) in [4.78, 5) is 27.0. The summed E-state index contributed by atoms with van der Waals surface area (Å²) < 4.78 is 46.4. The third kappa shape index (κ3) is 4.35. The molecule has 4 fully saturated rings. The number of hydrogen-bond donors (Lipinski definition) is 2. The normalized spacial score (nSPS) is 41.0. The first-order valence-electron chi connectivity index (χ1n) is 15.7. The van der Waals surface area contributed by atoms with Crippen molar-refractivity contribution in [3.63, 3.8) is 0 Å². The molecule has 4 aliphatic carbocycles. The summed E-state index contributed by atoms with van der Waals surface area (Å²) in [6, 6.07) is 13.6. The lowest BCUT2D eigenvalue weighted by Gasteiger charge is -2.63. The number of rotatable bonds is 6. The number of carbonyl (C=O) groups excluding carboxylic acids is 2. The van der Waals surface area contributed by atoms with Gasteiger partial charge in [-0.2, -0.15) is 0 Å². The van der Waals surface area contributed by atoms with Crippen molar-refractivity contribution in [1.29, 1.82) is 0 Å². The van der Waals surface area contributed by atoms with Crippen molar-refractivity contribution in [2.24, 2.45) is 22.7 Å². The number of halogens is 3. The molecule has 0 unspecified atom stereocenters. The quantitative estimate of drug-likeness (QED) is 0.335. The van der Waals surface area contributed by atoms with E-state index >= 15 is 8.78 Å². The molecule has 0 amide bonds. The molecule has 0 aromatic heterocycles. The maximum atomic E-state index is 17.6. The molecule has 3 saturated carbocycles. The maximum Gasteiger partial charge on any atom is 0.193 e. The Morgan fingerprint density at radius 1 is 1.13 bits per heavy atom. The first kappa shape index (κ1) is 32.2. The first-order chi connectivity index (χ1) is 21.8. The fraction of sp³-hybridized carbons (Fsp3) is 0.500. The molecular formula is C36H37ClF2O6S. The molecule has 2 aromatic rings. The van der Waals surface area contributed by atoms with Crippen LogP contribution < -0.4 is 0 Å². The minimum absolute atomic E-state index is 0.0402. The smallest absolute Gasteiger partial charge is 0.193 e. The SMILES string of the molecule is Cc1cc(SCc2ccc([C@@H]3O[C@@H]4C[C@H]5[C@@H]6C[C@H](F)C7=CC(=O)C=C[C@]7(C)[C@@]6(F)[C@@H](O)C[C@]5(C)[C@]4(C(=O)CO)O3)cc2)ccc1Cl. The van der Waals surface area contributed by atoms with Gasteiger partial charge in [0.25, 0.3) is 0 Å². The number of Topliss-reactive ketones (excluding diaryl/α,β-unsaturated/α-hetero) is 1.